The maximum Gasteiger partial charge on any atom is 0.410 e. The van der Waals surface area contributed by atoms with Crippen molar-refractivity contribution < 1.29 is 29.0 Å². The minimum Gasteiger partial charge on any atom is -0.467 e. The number of hydrogen-bond donors (Lipinski definition) is 1. The molecule has 3 atom stereocenters. The number of methoxy groups -OCH3 is 1. The molecule has 2 rings (SSSR count). The van der Waals surface area contributed by atoms with Crippen molar-refractivity contribution in [2.24, 2.45) is 5.92 Å². The van der Waals surface area contributed by atoms with Gasteiger partial charge in [-0.1, -0.05) is 24.3 Å². The molecular formula is C22H31NO6. The van der Waals surface area contributed by atoms with E-state index in [2.05, 4.69) is 0 Å². The summed E-state index contributed by atoms with van der Waals surface area (Å²) in [6.45, 7) is 5.26. The first-order valence-electron chi connectivity index (χ1n) is 9.86. The molecule has 0 radical (unpaired) electrons. The fourth-order valence-electron chi connectivity index (χ4n) is 3.46. The van der Waals surface area contributed by atoms with Crippen LogP contribution in [0.25, 0.3) is 0 Å². The highest BCUT2D eigenvalue weighted by Crippen LogP contribution is 2.33. The molecule has 1 aliphatic carbocycles. The predicted molar refractivity (Wildman–Crippen MR) is 107 cm³/mol. The number of ketones is 1. The first-order chi connectivity index (χ1) is 13.5. The van der Waals surface area contributed by atoms with Crippen LogP contribution in [0, 0.1) is 5.92 Å². The minimum atomic E-state index is -0.845. The molecule has 1 fully saturated rings. The fraction of sp³-hybridized carbons (Fsp3) is 0.591. The second-order valence-electron chi connectivity index (χ2n) is 8.49. The van der Waals surface area contributed by atoms with Gasteiger partial charge in [-0.05, 0) is 44.7 Å². The molecule has 7 nitrogen and oxygen atoms in total. The van der Waals surface area contributed by atoms with Gasteiger partial charge in [0.15, 0.2) is 0 Å². The second kappa shape index (κ2) is 9.39. The van der Waals surface area contributed by atoms with E-state index in [-0.39, 0.29) is 18.1 Å². The Morgan fingerprint density at radius 3 is 2.34 bits per heavy atom. The van der Waals surface area contributed by atoms with Gasteiger partial charge in [0.2, 0.25) is 0 Å². The Morgan fingerprint density at radius 1 is 1.24 bits per heavy atom. The lowest BCUT2D eigenvalue weighted by Crippen LogP contribution is -2.46. The van der Waals surface area contributed by atoms with Crippen molar-refractivity contribution in [3.8, 4) is 0 Å². The topological polar surface area (TPSA) is 93.1 Å². The van der Waals surface area contributed by atoms with E-state index in [0.717, 1.165) is 12.0 Å². The van der Waals surface area contributed by atoms with Crippen molar-refractivity contribution >= 4 is 17.8 Å². The first-order valence-corrected chi connectivity index (χ1v) is 9.86. The van der Waals surface area contributed by atoms with Crippen LogP contribution in [0.2, 0.25) is 0 Å². The number of carbonyl (C=O) groups excluding carboxylic acids is 3. The van der Waals surface area contributed by atoms with E-state index in [0.29, 0.717) is 18.4 Å². The zero-order valence-corrected chi connectivity index (χ0v) is 17.8. The molecule has 29 heavy (non-hydrogen) atoms. The molecule has 0 aromatic heterocycles. The van der Waals surface area contributed by atoms with Gasteiger partial charge in [-0.2, -0.15) is 0 Å². The van der Waals surface area contributed by atoms with Gasteiger partial charge in [0.05, 0.1) is 13.2 Å². The Bertz CT molecular complexity index is 737. The summed E-state index contributed by atoms with van der Waals surface area (Å²) in [5, 5.41) is 10.5. The summed E-state index contributed by atoms with van der Waals surface area (Å²) >= 11 is 0. The van der Waals surface area contributed by atoms with Crippen molar-refractivity contribution in [1.29, 1.82) is 0 Å². The maximum absolute atomic E-state index is 12.4. The van der Waals surface area contributed by atoms with Gasteiger partial charge in [-0.25, -0.2) is 9.59 Å². The van der Waals surface area contributed by atoms with Crippen LogP contribution in [0.15, 0.2) is 24.3 Å². The number of aliphatic hydroxyl groups is 1. The number of esters is 1. The van der Waals surface area contributed by atoms with Crippen LogP contribution in [-0.2, 0) is 25.5 Å². The van der Waals surface area contributed by atoms with Crippen molar-refractivity contribution in [3.05, 3.63) is 35.4 Å². The summed E-state index contributed by atoms with van der Waals surface area (Å²) in [6, 6.07) is 6.25. The van der Waals surface area contributed by atoms with Crippen LogP contribution in [-0.4, -0.2) is 53.7 Å². The number of nitrogens with zero attached hydrogens (tertiary/aromatic N) is 1. The molecule has 1 saturated carbocycles. The number of carbonyl (C=O) groups is 3. The molecule has 1 N–H and O–H groups in total. The third-order valence-corrected chi connectivity index (χ3v) is 5.11. The molecule has 0 heterocycles. The normalized spacial score (nSPS) is 18.8. The third kappa shape index (κ3) is 6.03. The maximum atomic E-state index is 12.4. The van der Waals surface area contributed by atoms with Crippen LogP contribution in [0.4, 0.5) is 4.79 Å². The van der Waals surface area contributed by atoms with E-state index in [9.17, 15) is 19.5 Å². The third-order valence-electron chi connectivity index (χ3n) is 5.11. The van der Waals surface area contributed by atoms with Crippen LogP contribution in [0.5, 0.6) is 0 Å². The van der Waals surface area contributed by atoms with Gasteiger partial charge in [0, 0.05) is 25.8 Å². The molecule has 3 unspecified atom stereocenters. The molecule has 1 aromatic carbocycles. The van der Waals surface area contributed by atoms with Gasteiger partial charge < -0.3 is 14.6 Å². The lowest BCUT2D eigenvalue weighted by atomic mass is 9.92. The highest BCUT2D eigenvalue weighted by molar-refractivity contribution is 5.83. The van der Waals surface area contributed by atoms with Gasteiger partial charge in [-0.3, -0.25) is 9.69 Å². The van der Waals surface area contributed by atoms with Crippen molar-refractivity contribution in [3.63, 3.8) is 0 Å². The van der Waals surface area contributed by atoms with E-state index in [4.69, 9.17) is 9.47 Å². The lowest BCUT2D eigenvalue weighted by molar-refractivity contribution is -0.146. The molecule has 0 bridgehead atoms. The Labute approximate surface area is 172 Å². The van der Waals surface area contributed by atoms with Crippen molar-refractivity contribution in [2.45, 2.75) is 64.2 Å². The summed E-state index contributed by atoms with van der Waals surface area (Å²) in [4.78, 5) is 37.7. The average Bonchev–Trinajstić information content (AvgIpc) is 3.09. The lowest BCUT2D eigenvalue weighted by Gasteiger charge is -2.29. The van der Waals surface area contributed by atoms with Gasteiger partial charge in [0.1, 0.15) is 17.4 Å². The fourth-order valence-corrected chi connectivity index (χ4v) is 3.46. The number of ether oxygens (including phenoxy) is 2. The zero-order valence-electron chi connectivity index (χ0n) is 17.8. The van der Waals surface area contributed by atoms with E-state index < -0.39 is 29.8 Å². The minimum absolute atomic E-state index is 0.103. The summed E-state index contributed by atoms with van der Waals surface area (Å²) in [5.74, 6) is -0.785. The van der Waals surface area contributed by atoms with Gasteiger partial charge in [0.25, 0.3) is 0 Å². The smallest absolute Gasteiger partial charge is 0.410 e. The highest BCUT2D eigenvalue weighted by Gasteiger charge is 2.33. The molecule has 0 aliphatic heterocycles. The number of aliphatic hydroxyl groups excluding tert-OH is 1. The number of amides is 1. The van der Waals surface area contributed by atoms with Gasteiger partial charge >= 0.3 is 12.1 Å². The molecule has 160 valence electrons. The van der Waals surface area contributed by atoms with E-state index in [1.54, 1.807) is 45.0 Å². The summed E-state index contributed by atoms with van der Waals surface area (Å²) < 4.78 is 10.2. The molecule has 7 heteroatoms. The van der Waals surface area contributed by atoms with E-state index in [1.165, 1.54) is 19.1 Å². The van der Waals surface area contributed by atoms with E-state index >= 15 is 0 Å². The number of rotatable bonds is 6. The van der Waals surface area contributed by atoms with Crippen molar-refractivity contribution in [2.75, 3.05) is 14.2 Å². The Morgan fingerprint density at radius 2 is 1.86 bits per heavy atom. The first kappa shape index (κ1) is 22.9. The zero-order chi connectivity index (χ0) is 21.8. The molecule has 1 aliphatic rings. The van der Waals surface area contributed by atoms with Crippen LogP contribution < -0.4 is 0 Å². The monoisotopic (exact) mass is 405 g/mol. The number of hydrogen-bond acceptors (Lipinski definition) is 6. The largest absolute Gasteiger partial charge is 0.467 e. The average molecular weight is 405 g/mol. The number of Topliss-reactive ketones (excluding diaryl/α,β-unsaturated/α-hetero) is 1. The molecule has 1 aromatic rings. The Hall–Kier alpha value is -2.41. The quantitative estimate of drug-likeness (QED) is 0.731. The summed E-state index contributed by atoms with van der Waals surface area (Å²) in [5.41, 5.74) is 0.787. The number of benzene rings is 1. The second-order valence-corrected chi connectivity index (χ2v) is 8.49. The molecular weight excluding hydrogens is 374 g/mol. The molecule has 0 saturated heterocycles. The van der Waals surface area contributed by atoms with E-state index in [1.807, 2.05) is 0 Å². The Kier molecular flexibility index (Phi) is 7.41. The summed E-state index contributed by atoms with van der Waals surface area (Å²) in [7, 11) is 2.77. The predicted octanol–water partition coefficient (Wildman–Crippen LogP) is 3.04. The standard InChI is InChI=1S/C22H31NO6/c1-22(2,3)29-21(27)23(4)17(20(26)28-5)13-14-9-11-15(12-10-14)19(25)16-7-6-8-18(16)24/h9-12,16-17,19,25H,6-8,13H2,1-5H3. The van der Waals surface area contributed by atoms with Crippen molar-refractivity contribution in [1.82, 2.24) is 4.90 Å². The van der Waals surface area contributed by atoms with Gasteiger partial charge in [-0.15, -0.1) is 0 Å². The van der Waals surface area contributed by atoms with Crippen LogP contribution in [0.1, 0.15) is 57.3 Å². The van der Waals surface area contributed by atoms with Crippen LogP contribution >= 0.6 is 0 Å². The highest BCUT2D eigenvalue weighted by atomic mass is 16.6. The SMILES string of the molecule is COC(=O)C(Cc1ccc(C(O)C2CCCC2=O)cc1)N(C)C(=O)OC(C)(C)C. The summed E-state index contributed by atoms with van der Waals surface area (Å²) in [6.07, 6.45) is 0.849. The molecule has 0 spiro atoms. The molecule has 1 amide bonds. The van der Waals surface area contributed by atoms with Crippen LogP contribution in [0.3, 0.4) is 0 Å². The Balaban J connectivity index is 2.12. The number of likely N-dealkylation sites (N-methyl/N-ethyl adjacent to an activating group) is 1.